The van der Waals surface area contributed by atoms with Crippen molar-refractivity contribution in [2.45, 2.75) is 65.4 Å². The summed E-state index contributed by atoms with van der Waals surface area (Å²) in [4.78, 5) is 13.9. The topological polar surface area (TPSA) is 29.5 Å². The molecular weight excluding hydrogens is 310 g/mol. The van der Waals surface area contributed by atoms with E-state index in [9.17, 15) is 4.79 Å². The van der Waals surface area contributed by atoms with Crippen LogP contribution in [0.2, 0.25) is 0 Å². The van der Waals surface area contributed by atoms with Gasteiger partial charge in [0.15, 0.2) is 0 Å². The monoisotopic (exact) mass is 343 g/mol. The maximum absolute atomic E-state index is 12.1. The molecule has 1 aliphatic heterocycles. The Kier molecular flexibility index (Phi) is 5.97. The van der Waals surface area contributed by atoms with Crippen molar-refractivity contribution >= 4 is 12.2 Å². The Labute approximate surface area is 153 Å². The summed E-state index contributed by atoms with van der Waals surface area (Å²) >= 11 is 0. The minimum absolute atomic E-state index is 0.169. The number of carbonyl (C=O) groups excluding carboxylic acids is 1. The molecule has 0 aliphatic carbocycles. The summed E-state index contributed by atoms with van der Waals surface area (Å²) < 4.78 is 5.46. The molecular formula is C22H33NO2. The zero-order chi connectivity index (χ0) is 18.7. The first kappa shape index (κ1) is 19.6. The fraction of sp³-hybridized carbons (Fsp3) is 0.591. The second-order valence-corrected chi connectivity index (χ2v) is 9.04. The first-order chi connectivity index (χ1) is 11.5. The van der Waals surface area contributed by atoms with Gasteiger partial charge in [0.1, 0.15) is 5.60 Å². The van der Waals surface area contributed by atoms with Gasteiger partial charge in [-0.3, -0.25) is 0 Å². The normalized spacial score (nSPS) is 17.1. The van der Waals surface area contributed by atoms with Gasteiger partial charge in [0, 0.05) is 13.1 Å². The summed E-state index contributed by atoms with van der Waals surface area (Å²) in [5.41, 5.74) is 2.35. The van der Waals surface area contributed by atoms with Crippen LogP contribution in [0.15, 0.2) is 30.3 Å². The second-order valence-electron chi connectivity index (χ2n) is 9.04. The number of piperidine rings is 1. The minimum atomic E-state index is -0.425. The van der Waals surface area contributed by atoms with Gasteiger partial charge < -0.3 is 9.64 Å². The Morgan fingerprint density at radius 3 is 2.32 bits per heavy atom. The van der Waals surface area contributed by atoms with Crippen molar-refractivity contribution in [3.8, 4) is 0 Å². The molecule has 0 aromatic heterocycles. The lowest BCUT2D eigenvalue weighted by atomic mass is 9.86. The number of ether oxygens (including phenoxy) is 1. The molecule has 1 heterocycles. The molecule has 2 rings (SSSR count). The van der Waals surface area contributed by atoms with Crippen LogP contribution in [0.4, 0.5) is 4.79 Å². The van der Waals surface area contributed by atoms with Gasteiger partial charge in [-0.05, 0) is 56.1 Å². The van der Waals surface area contributed by atoms with Crippen molar-refractivity contribution in [3.63, 3.8) is 0 Å². The van der Waals surface area contributed by atoms with Gasteiger partial charge in [-0.15, -0.1) is 0 Å². The molecule has 0 N–H and O–H groups in total. The van der Waals surface area contributed by atoms with E-state index in [0.29, 0.717) is 5.92 Å². The quantitative estimate of drug-likeness (QED) is 0.695. The predicted octanol–water partition coefficient (Wildman–Crippen LogP) is 5.64. The number of likely N-dealkylation sites (tertiary alicyclic amines) is 1. The standard InChI is InChI=1S/C22H33NO2/c1-21(2,3)19-9-7-8-18(16-19)11-10-17-12-14-23(15-13-17)20(24)25-22(4,5)6/h7-11,16-17H,12-15H2,1-6H3/b11-10+. The molecule has 1 fully saturated rings. The number of amides is 1. The number of benzene rings is 1. The molecule has 0 atom stereocenters. The molecule has 3 heteroatoms. The van der Waals surface area contributed by atoms with Crippen molar-refractivity contribution in [1.82, 2.24) is 4.90 Å². The molecule has 3 nitrogen and oxygen atoms in total. The van der Waals surface area contributed by atoms with Gasteiger partial charge in [0.25, 0.3) is 0 Å². The molecule has 1 amide bonds. The van der Waals surface area contributed by atoms with E-state index < -0.39 is 5.60 Å². The van der Waals surface area contributed by atoms with Crippen molar-refractivity contribution < 1.29 is 9.53 Å². The fourth-order valence-electron chi connectivity index (χ4n) is 2.96. The van der Waals surface area contributed by atoms with Gasteiger partial charge >= 0.3 is 6.09 Å². The third kappa shape index (κ3) is 6.22. The summed E-state index contributed by atoms with van der Waals surface area (Å²) in [5, 5.41) is 0. The summed E-state index contributed by atoms with van der Waals surface area (Å²) in [7, 11) is 0. The molecule has 138 valence electrons. The van der Waals surface area contributed by atoms with Crippen molar-refractivity contribution in [2.75, 3.05) is 13.1 Å². The van der Waals surface area contributed by atoms with Gasteiger partial charge in [-0.1, -0.05) is 57.2 Å². The van der Waals surface area contributed by atoms with Crippen LogP contribution in [0.25, 0.3) is 6.08 Å². The molecule has 0 saturated carbocycles. The predicted molar refractivity (Wildman–Crippen MR) is 105 cm³/mol. The summed E-state index contributed by atoms with van der Waals surface area (Å²) in [5.74, 6) is 0.525. The van der Waals surface area contributed by atoms with E-state index in [4.69, 9.17) is 4.74 Å². The average Bonchev–Trinajstić information content (AvgIpc) is 2.51. The molecule has 1 aromatic carbocycles. The van der Waals surface area contributed by atoms with Crippen LogP contribution in [-0.4, -0.2) is 29.7 Å². The first-order valence-electron chi connectivity index (χ1n) is 9.31. The van der Waals surface area contributed by atoms with Crippen molar-refractivity contribution in [1.29, 1.82) is 0 Å². The number of carbonyl (C=O) groups is 1. The van der Waals surface area contributed by atoms with E-state index in [-0.39, 0.29) is 11.5 Å². The van der Waals surface area contributed by atoms with Crippen LogP contribution in [0.3, 0.4) is 0 Å². The third-order valence-electron chi connectivity index (χ3n) is 4.50. The van der Waals surface area contributed by atoms with E-state index >= 15 is 0 Å². The first-order valence-corrected chi connectivity index (χ1v) is 9.31. The van der Waals surface area contributed by atoms with Gasteiger partial charge in [-0.25, -0.2) is 4.79 Å². The maximum atomic E-state index is 12.1. The minimum Gasteiger partial charge on any atom is -0.444 e. The number of hydrogen-bond acceptors (Lipinski definition) is 2. The Morgan fingerprint density at radius 1 is 1.12 bits per heavy atom. The van der Waals surface area contributed by atoms with E-state index in [1.165, 1.54) is 11.1 Å². The van der Waals surface area contributed by atoms with Crippen LogP contribution < -0.4 is 0 Å². The Hall–Kier alpha value is -1.77. The maximum Gasteiger partial charge on any atom is 0.410 e. The smallest absolute Gasteiger partial charge is 0.410 e. The van der Waals surface area contributed by atoms with Gasteiger partial charge in [0.05, 0.1) is 0 Å². The SMILES string of the molecule is CC(C)(C)OC(=O)N1CCC(/C=C/c2cccc(C(C)(C)C)c2)CC1. The van der Waals surface area contributed by atoms with Crippen LogP contribution in [0.5, 0.6) is 0 Å². The van der Waals surface area contributed by atoms with Crippen LogP contribution in [0.1, 0.15) is 65.5 Å². The number of nitrogens with zero attached hydrogens (tertiary/aromatic N) is 1. The lowest BCUT2D eigenvalue weighted by Crippen LogP contribution is -2.41. The average molecular weight is 344 g/mol. The lowest BCUT2D eigenvalue weighted by molar-refractivity contribution is 0.0197. The number of allylic oxidation sites excluding steroid dienone is 1. The van der Waals surface area contributed by atoms with Crippen LogP contribution in [0, 0.1) is 5.92 Å². The molecule has 1 aromatic rings. The van der Waals surface area contributed by atoms with Crippen molar-refractivity contribution in [3.05, 3.63) is 41.5 Å². The molecule has 0 unspecified atom stereocenters. The second kappa shape index (κ2) is 7.63. The summed E-state index contributed by atoms with van der Waals surface area (Å²) in [6.45, 7) is 14.0. The molecule has 1 aliphatic rings. The molecule has 0 bridgehead atoms. The Morgan fingerprint density at radius 2 is 1.76 bits per heavy atom. The lowest BCUT2D eigenvalue weighted by Gasteiger charge is -2.32. The van der Waals surface area contributed by atoms with E-state index in [0.717, 1.165) is 25.9 Å². The highest BCUT2D eigenvalue weighted by Crippen LogP contribution is 2.25. The number of hydrogen-bond donors (Lipinski definition) is 0. The van der Waals surface area contributed by atoms with Crippen LogP contribution in [-0.2, 0) is 10.2 Å². The summed E-state index contributed by atoms with van der Waals surface area (Å²) in [6, 6.07) is 8.75. The zero-order valence-electron chi connectivity index (χ0n) is 16.6. The summed E-state index contributed by atoms with van der Waals surface area (Å²) in [6.07, 6.45) is 6.33. The highest BCUT2D eigenvalue weighted by molar-refractivity contribution is 5.68. The fourth-order valence-corrected chi connectivity index (χ4v) is 2.96. The van der Waals surface area contributed by atoms with E-state index in [1.54, 1.807) is 0 Å². The van der Waals surface area contributed by atoms with E-state index in [1.807, 2.05) is 25.7 Å². The van der Waals surface area contributed by atoms with Gasteiger partial charge in [-0.2, -0.15) is 0 Å². The van der Waals surface area contributed by atoms with E-state index in [2.05, 4.69) is 57.2 Å². The van der Waals surface area contributed by atoms with Crippen molar-refractivity contribution in [2.24, 2.45) is 5.92 Å². The Balaban J connectivity index is 1.90. The Bertz CT molecular complexity index is 612. The number of rotatable bonds is 2. The molecule has 0 spiro atoms. The molecule has 25 heavy (non-hydrogen) atoms. The van der Waals surface area contributed by atoms with Gasteiger partial charge in [0.2, 0.25) is 0 Å². The van der Waals surface area contributed by atoms with Crippen LogP contribution >= 0.6 is 0 Å². The molecule has 1 saturated heterocycles. The zero-order valence-corrected chi connectivity index (χ0v) is 16.6. The highest BCUT2D eigenvalue weighted by atomic mass is 16.6. The largest absolute Gasteiger partial charge is 0.444 e. The third-order valence-corrected chi connectivity index (χ3v) is 4.50. The highest BCUT2D eigenvalue weighted by Gasteiger charge is 2.25. The molecule has 0 radical (unpaired) electrons.